The SMILES string of the molecule is CCOc1ccc(OCCNC(=O)C(=O)NC)cc1. The van der Waals surface area contributed by atoms with E-state index in [2.05, 4.69) is 10.6 Å². The molecule has 0 aliphatic carbocycles. The topological polar surface area (TPSA) is 76.7 Å². The molecule has 0 bridgehead atoms. The third kappa shape index (κ3) is 5.29. The van der Waals surface area contributed by atoms with Crippen LogP contribution in [-0.2, 0) is 9.59 Å². The van der Waals surface area contributed by atoms with Crippen LogP contribution in [0.3, 0.4) is 0 Å². The van der Waals surface area contributed by atoms with Gasteiger partial charge >= 0.3 is 11.8 Å². The molecule has 2 amide bonds. The van der Waals surface area contributed by atoms with Gasteiger partial charge in [0.05, 0.1) is 13.2 Å². The van der Waals surface area contributed by atoms with E-state index in [1.165, 1.54) is 7.05 Å². The van der Waals surface area contributed by atoms with E-state index in [9.17, 15) is 9.59 Å². The standard InChI is InChI=1S/C13H18N2O4/c1-3-18-10-4-6-11(7-5-10)19-9-8-15-13(17)12(16)14-2/h4-7H,3,8-9H2,1-2H3,(H,14,16)(H,15,17). The number of amides is 2. The highest BCUT2D eigenvalue weighted by Crippen LogP contribution is 2.17. The molecular weight excluding hydrogens is 248 g/mol. The van der Waals surface area contributed by atoms with Gasteiger partial charge in [0.15, 0.2) is 0 Å². The molecule has 2 N–H and O–H groups in total. The van der Waals surface area contributed by atoms with Crippen molar-refractivity contribution in [3.8, 4) is 11.5 Å². The van der Waals surface area contributed by atoms with Crippen molar-refractivity contribution in [3.05, 3.63) is 24.3 Å². The highest BCUT2D eigenvalue weighted by Gasteiger charge is 2.09. The molecule has 0 radical (unpaired) electrons. The number of nitrogens with one attached hydrogen (secondary N) is 2. The normalized spacial score (nSPS) is 9.58. The van der Waals surface area contributed by atoms with Crippen LogP contribution in [0.5, 0.6) is 11.5 Å². The second-order valence-electron chi connectivity index (χ2n) is 3.59. The molecule has 0 aliphatic rings. The van der Waals surface area contributed by atoms with Crippen LogP contribution in [0.15, 0.2) is 24.3 Å². The molecule has 1 aromatic carbocycles. The average molecular weight is 266 g/mol. The third-order valence-electron chi connectivity index (χ3n) is 2.22. The first kappa shape index (κ1) is 14.8. The molecule has 0 atom stereocenters. The molecule has 104 valence electrons. The Kier molecular flexibility index (Phi) is 6.21. The highest BCUT2D eigenvalue weighted by atomic mass is 16.5. The smallest absolute Gasteiger partial charge is 0.309 e. The van der Waals surface area contributed by atoms with Gasteiger partial charge in [-0.05, 0) is 31.2 Å². The Hall–Kier alpha value is -2.24. The summed E-state index contributed by atoms with van der Waals surface area (Å²) in [5.74, 6) is 0.124. The van der Waals surface area contributed by atoms with Crippen LogP contribution in [0.1, 0.15) is 6.92 Å². The fourth-order valence-corrected chi connectivity index (χ4v) is 1.33. The number of hydrogen-bond acceptors (Lipinski definition) is 4. The summed E-state index contributed by atoms with van der Waals surface area (Å²) in [7, 11) is 1.40. The average Bonchev–Trinajstić information content (AvgIpc) is 2.44. The number of rotatable bonds is 6. The van der Waals surface area contributed by atoms with Crippen LogP contribution in [0.2, 0.25) is 0 Å². The number of hydrogen-bond donors (Lipinski definition) is 2. The fourth-order valence-electron chi connectivity index (χ4n) is 1.33. The lowest BCUT2D eigenvalue weighted by Crippen LogP contribution is -2.39. The van der Waals surface area contributed by atoms with E-state index in [0.29, 0.717) is 12.4 Å². The van der Waals surface area contributed by atoms with Gasteiger partial charge in [0.2, 0.25) is 0 Å². The second-order valence-corrected chi connectivity index (χ2v) is 3.59. The number of likely N-dealkylation sites (N-methyl/N-ethyl adjacent to an activating group) is 1. The van der Waals surface area contributed by atoms with Gasteiger partial charge in [0, 0.05) is 7.05 Å². The van der Waals surface area contributed by atoms with Crippen LogP contribution in [0.25, 0.3) is 0 Å². The van der Waals surface area contributed by atoms with Crippen molar-refractivity contribution in [2.45, 2.75) is 6.92 Å². The summed E-state index contributed by atoms with van der Waals surface area (Å²) in [5.41, 5.74) is 0. The van der Waals surface area contributed by atoms with E-state index in [-0.39, 0.29) is 13.2 Å². The molecule has 0 fully saturated rings. The quantitative estimate of drug-likeness (QED) is 0.574. The maximum absolute atomic E-state index is 11.1. The molecule has 1 aromatic rings. The first-order chi connectivity index (χ1) is 9.17. The monoisotopic (exact) mass is 266 g/mol. The van der Waals surface area contributed by atoms with Crippen molar-refractivity contribution in [1.82, 2.24) is 10.6 Å². The Bertz CT molecular complexity index is 417. The van der Waals surface area contributed by atoms with E-state index in [4.69, 9.17) is 9.47 Å². The molecule has 1 rings (SSSR count). The van der Waals surface area contributed by atoms with E-state index in [1.807, 2.05) is 19.1 Å². The molecule has 19 heavy (non-hydrogen) atoms. The predicted molar refractivity (Wildman–Crippen MR) is 70.2 cm³/mol. The Morgan fingerprint density at radius 2 is 1.63 bits per heavy atom. The fraction of sp³-hybridized carbons (Fsp3) is 0.385. The molecule has 0 unspecified atom stereocenters. The summed E-state index contributed by atoms with van der Waals surface area (Å²) in [5, 5.41) is 4.67. The van der Waals surface area contributed by atoms with Crippen molar-refractivity contribution in [2.24, 2.45) is 0 Å². The van der Waals surface area contributed by atoms with E-state index >= 15 is 0 Å². The van der Waals surface area contributed by atoms with E-state index < -0.39 is 11.8 Å². The maximum Gasteiger partial charge on any atom is 0.309 e. The largest absolute Gasteiger partial charge is 0.494 e. The second kappa shape index (κ2) is 7.97. The Morgan fingerprint density at radius 1 is 1.05 bits per heavy atom. The van der Waals surface area contributed by atoms with Crippen LogP contribution in [0, 0.1) is 0 Å². The lowest BCUT2D eigenvalue weighted by atomic mass is 10.3. The minimum Gasteiger partial charge on any atom is -0.494 e. The molecule has 0 aromatic heterocycles. The van der Waals surface area contributed by atoms with Gasteiger partial charge in [-0.25, -0.2) is 0 Å². The summed E-state index contributed by atoms with van der Waals surface area (Å²) in [6.07, 6.45) is 0. The summed E-state index contributed by atoms with van der Waals surface area (Å²) in [6.45, 7) is 3.08. The van der Waals surface area contributed by atoms with Crippen molar-refractivity contribution in [1.29, 1.82) is 0 Å². The molecule has 0 saturated heterocycles. The zero-order valence-corrected chi connectivity index (χ0v) is 11.1. The van der Waals surface area contributed by atoms with Crippen molar-refractivity contribution >= 4 is 11.8 Å². The summed E-state index contributed by atoms with van der Waals surface area (Å²) >= 11 is 0. The van der Waals surface area contributed by atoms with Crippen molar-refractivity contribution in [3.63, 3.8) is 0 Å². The van der Waals surface area contributed by atoms with Gasteiger partial charge in [0.25, 0.3) is 0 Å². The lowest BCUT2D eigenvalue weighted by molar-refractivity contribution is -0.138. The minimum atomic E-state index is -0.669. The number of carbonyl (C=O) groups excluding carboxylic acids is 2. The van der Waals surface area contributed by atoms with Gasteiger partial charge < -0.3 is 20.1 Å². The third-order valence-corrected chi connectivity index (χ3v) is 2.22. The van der Waals surface area contributed by atoms with E-state index in [0.717, 1.165) is 5.75 Å². The molecule has 6 nitrogen and oxygen atoms in total. The zero-order valence-electron chi connectivity index (χ0n) is 11.1. The maximum atomic E-state index is 11.1. The first-order valence-electron chi connectivity index (χ1n) is 6.03. The summed E-state index contributed by atoms with van der Waals surface area (Å²) in [4.78, 5) is 22.0. The molecule has 6 heteroatoms. The van der Waals surface area contributed by atoms with Gasteiger partial charge in [-0.1, -0.05) is 0 Å². The summed E-state index contributed by atoms with van der Waals surface area (Å²) < 4.78 is 10.7. The molecule has 0 aliphatic heterocycles. The first-order valence-corrected chi connectivity index (χ1v) is 6.03. The molecular formula is C13H18N2O4. The van der Waals surface area contributed by atoms with Crippen LogP contribution < -0.4 is 20.1 Å². The van der Waals surface area contributed by atoms with E-state index in [1.54, 1.807) is 12.1 Å². The molecule has 0 spiro atoms. The van der Waals surface area contributed by atoms with Crippen molar-refractivity contribution < 1.29 is 19.1 Å². The molecule has 0 saturated carbocycles. The Labute approximate surface area is 112 Å². The minimum absolute atomic E-state index is 0.263. The summed E-state index contributed by atoms with van der Waals surface area (Å²) in [6, 6.07) is 7.18. The molecule has 0 heterocycles. The van der Waals surface area contributed by atoms with Crippen LogP contribution in [0.4, 0.5) is 0 Å². The predicted octanol–water partition coefficient (Wildman–Crippen LogP) is 0.326. The van der Waals surface area contributed by atoms with Gasteiger partial charge in [-0.15, -0.1) is 0 Å². The zero-order chi connectivity index (χ0) is 14.1. The van der Waals surface area contributed by atoms with Gasteiger partial charge in [0.1, 0.15) is 18.1 Å². The van der Waals surface area contributed by atoms with Crippen molar-refractivity contribution in [2.75, 3.05) is 26.8 Å². The number of benzene rings is 1. The Morgan fingerprint density at radius 3 is 2.16 bits per heavy atom. The van der Waals surface area contributed by atoms with Gasteiger partial charge in [-0.2, -0.15) is 0 Å². The van der Waals surface area contributed by atoms with Gasteiger partial charge in [-0.3, -0.25) is 9.59 Å². The van der Waals surface area contributed by atoms with Crippen LogP contribution >= 0.6 is 0 Å². The number of carbonyl (C=O) groups is 2. The highest BCUT2D eigenvalue weighted by molar-refractivity contribution is 6.34. The Balaban J connectivity index is 2.26. The lowest BCUT2D eigenvalue weighted by Gasteiger charge is -2.08. The number of ether oxygens (including phenoxy) is 2. The van der Waals surface area contributed by atoms with Crippen LogP contribution in [-0.4, -0.2) is 38.6 Å².